The number of rotatable bonds is 4. The zero-order valence-electron chi connectivity index (χ0n) is 17.4. The number of halogens is 1. The predicted octanol–water partition coefficient (Wildman–Crippen LogP) is 3.87. The first kappa shape index (κ1) is 21.5. The summed E-state index contributed by atoms with van der Waals surface area (Å²) in [6.45, 7) is 3.03. The fraction of sp³-hybridized carbons (Fsp3) is 0.364. The van der Waals surface area contributed by atoms with Crippen LogP contribution >= 0.6 is 34.7 Å². The molecule has 166 valence electrons. The Bertz CT molecular complexity index is 1290. The molecule has 2 aromatic heterocycles. The number of nitrogens with zero attached hydrogens (tertiary/aromatic N) is 3. The molecule has 0 radical (unpaired) electrons. The maximum atomic E-state index is 13.7. The smallest absolute Gasteiger partial charge is 0.324 e. The number of aryl methyl sites for hydroxylation is 1. The highest BCUT2D eigenvalue weighted by atomic mass is 35.5. The van der Waals surface area contributed by atoms with Crippen LogP contribution in [-0.2, 0) is 17.6 Å². The lowest BCUT2D eigenvalue weighted by molar-refractivity contribution is -0.124. The molecule has 10 heteroatoms. The molecule has 0 saturated carbocycles. The number of carbonyl (C=O) groups is 2. The summed E-state index contributed by atoms with van der Waals surface area (Å²) in [5, 5.41) is 4.32. The topological polar surface area (TPSA) is 84.3 Å². The number of carbonyl (C=O) groups excluding carboxylic acids is 2. The monoisotopic (exact) mass is 488 g/mol. The Morgan fingerprint density at radius 3 is 2.81 bits per heavy atom. The number of thiophene rings is 1. The molecule has 3 aromatic rings. The Kier molecular flexibility index (Phi) is 5.73. The molecule has 1 unspecified atom stereocenters. The first-order valence-electron chi connectivity index (χ1n) is 10.5. The Morgan fingerprint density at radius 1 is 1.31 bits per heavy atom. The standard InChI is InChI=1S/C22H21ClN4O3S2/c1-12-2-7-15-16(10-12)32-19-18(15)20(29)27(14-5-3-13(23)4-6-14)22(25-19)31-11-17(28)26-9-8-24-21(26)30/h3-6,12H,2,7-11H2,1H3,(H,24,30). The first-order chi connectivity index (χ1) is 15.4. The van der Waals surface area contributed by atoms with E-state index in [0.717, 1.165) is 24.8 Å². The van der Waals surface area contributed by atoms with Gasteiger partial charge in [0.25, 0.3) is 5.56 Å². The van der Waals surface area contributed by atoms with Crippen molar-refractivity contribution in [1.82, 2.24) is 19.8 Å². The van der Waals surface area contributed by atoms with E-state index in [-0.39, 0.29) is 23.3 Å². The SMILES string of the molecule is CC1CCc2c(sc3nc(SCC(=O)N4CCNC4=O)n(-c4ccc(Cl)cc4)c(=O)c23)C1. The van der Waals surface area contributed by atoms with Crippen molar-refractivity contribution in [3.8, 4) is 5.69 Å². The Morgan fingerprint density at radius 2 is 2.09 bits per heavy atom. The van der Waals surface area contributed by atoms with E-state index in [4.69, 9.17) is 16.6 Å². The molecular formula is C22H21ClN4O3S2. The lowest BCUT2D eigenvalue weighted by Crippen LogP contribution is -2.35. The number of benzene rings is 1. The molecule has 0 spiro atoms. The summed E-state index contributed by atoms with van der Waals surface area (Å²) < 4.78 is 1.56. The zero-order chi connectivity index (χ0) is 22.4. The Balaban J connectivity index is 1.59. The van der Waals surface area contributed by atoms with Crippen LogP contribution < -0.4 is 10.9 Å². The first-order valence-corrected chi connectivity index (χ1v) is 12.6. The molecule has 1 N–H and O–H groups in total. The van der Waals surface area contributed by atoms with Gasteiger partial charge in [-0.1, -0.05) is 30.3 Å². The van der Waals surface area contributed by atoms with Gasteiger partial charge < -0.3 is 5.32 Å². The highest BCUT2D eigenvalue weighted by molar-refractivity contribution is 7.99. The predicted molar refractivity (Wildman–Crippen MR) is 127 cm³/mol. The summed E-state index contributed by atoms with van der Waals surface area (Å²) in [5.74, 6) is 0.301. The molecule has 1 aliphatic heterocycles. The fourth-order valence-corrected chi connectivity index (χ4v) is 6.64. The normalized spacial score (nSPS) is 18.1. The number of thioether (sulfide) groups is 1. The molecular weight excluding hydrogens is 468 g/mol. The van der Waals surface area contributed by atoms with E-state index in [1.807, 2.05) is 0 Å². The van der Waals surface area contributed by atoms with Crippen LogP contribution in [0.15, 0.2) is 34.2 Å². The number of fused-ring (bicyclic) bond motifs is 3. The van der Waals surface area contributed by atoms with E-state index in [1.54, 1.807) is 40.2 Å². The lowest BCUT2D eigenvalue weighted by Gasteiger charge is -2.18. The van der Waals surface area contributed by atoms with Crippen molar-refractivity contribution in [2.75, 3.05) is 18.8 Å². The quantitative estimate of drug-likeness (QED) is 0.445. The molecule has 0 bridgehead atoms. The third kappa shape index (κ3) is 3.82. The molecule has 32 heavy (non-hydrogen) atoms. The maximum Gasteiger partial charge on any atom is 0.324 e. The second kappa shape index (κ2) is 8.53. The summed E-state index contributed by atoms with van der Waals surface area (Å²) in [7, 11) is 0. The number of amides is 3. The second-order valence-corrected chi connectivity index (χ2v) is 10.6. The minimum absolute atomic E-state index is 0.0150. The molecule has 1 atom stereocenters. The van der Waals surface area contributed by atoms with Crippen molar-refractivity contribution < 1.29 is 9.59 Å². The summed E-state index contributed by atoms with van der Waals surface area (Å²) in [5.41, 5.74) is 1.63. The molecule has 5 rings (SSSR count). The minimum Gasteiger partial charge on any atom is -0.336 e. The highest BCUT2D eigenvalue weighted by Gasteiger charge is 2.28. The molecule has 1 aliphatic carbocycles. The van der Waals surface area contributed by atoms with Gasteiger partial charge in [-0.3, -0.25) is 19.1 Å². The molecule has 3 heterocycles. The van der Waals surface area contributed by atoms with Gasteiger partial charge in [0.05, 0.1) is 16.8 Å². The van der Waals surface area contributed by atoms with Gasteiger partial charge in [0.15, 0.2) is 5.16 Å². The molecule has 7 nitrogen and oxygen atoms in total. The third-order valence-electron chi connectivity index (χ3n) is 5.87. The fourth-order valence-electron chi connectivity index (χ4n) is 4.20. The number of hydrogen-bond acceptors (Lipinski definition) is 6. The van der Waals surface area contributed by atoms with Crippen molar-refractivity contribution in [3.05, 3.63) is 50.1 Å². The van der Waals surface area contributed by atoms with Gasteiger partial charge in [0.2, 0.25) is 5.91 Å². The van der Waals surface area contributed by atoms with Gasteiger partial charge >= 0.3 is 6.03 Å². The van der Waals surface area contributed by atoms with Crippen molar-refractivity contribution in [2.45, 2.75) is 31.3 Å². The Labute approximate surface area is 197 Å². The number of nitrogens with one attached hydrogen (secondary N) is 1. The van der Waals surface area contributed by atoms with Crippen molar-refractivity contribution in [3.63, 3.8) is 0 Å². The number of imide groups is 1. The van der Waals surface area contributed by atoms with Crippen molar-refractivity contribution in [1.29, 1.82) is 0 Å². The van der Waals surface area contributed by atoms with Crippen molar-refractivity contribution in [2.24, 2.45) is 5.92 Å². The summed E-state index contributed by atoms with van der Waals surface area (Å²) in [6.07, 6.45) is 2.90. The average molecular weight is 489 g/mol. The van der Waals surface area contributed by atoms with E-state index in [0.29, 0.717) is 45.1 Å². The van der Waals surface area contributed by atoms with Crippen LogP contribution in [0, 0.1) is 5.92 Å². The van der Waals surface area contributed by atoms with Crippen molar-refractivity contribution >= 4 is 56.9 Å². The molecule has 1 aromatic carbocycles. The molecule has 1 fully saturated rings. The summed E-state index contributed by atoms with van der Waals surface area (Å²) in [6, 6.07) is 6.63. The number of urea groups is 1. The number of aromatic nitrogens is 2. The maximum absolute atomic E-state index is 13.7. The molecule has 1 saturated heterocycles. The zero-order valence-corrected chi connectivity index (χ0v) is 19.8. The minimum atomic E-state index is -0.380. The van der Waals surface area contributed by atoms with Crippen LogP contribution in [0.3, 0.4) is 0 Å². The van der Waals surface area contributed by atoms with Gasteiger partial charge in [-0.15, -0.1) is 11.3 Å². The van der Waals surface area contributed by atoms with Gasteiger partial charge in [-0.25, -0.2) is 9.78 Å². The van der Waals surface area contributed by atoms with Crippen LogP contribution in [0.1, 0.15) is 23.8 Å². The van der Waals surface area contributed by atoms with Crippen LogP contribution in [0.25, 0.3) is 15.9 Å². The largest absolute Gasteiger partial charge is 0.336 e. The van der Waals surface area contributed by atoms with Gasteiger partial charge in [-0.05, 0) is 55.0 Å². The summed E-state index contributed by atoms with van der Waals surface area (Å²) in [4.78, 5) is 46.1. The third-order valence-corrected chi connectivity index (χ3v) is 8.19. The van der Waals surface area contributed by atoms with E-state index in [1.165, 1.54) is 21.5 Å². The van der Waals surface area contributed by atoms with Crippen LogP contribution in [-0.4, -0.2) is 45.2 Å². The average Bonchev–Trinajstić information content (AvgIpc) is 3.35. The lowest BCUT2D eigenvalue weighted by atomic mass is 9.89. The van der Waals surface area contributed by atoms with E-state index >= 15 is 0 Å². The van der Waals surface area contributed by atoms with Gasteiger partial charge in [0, 0.05) is 23.0 Å². The van der Waals surface area contributed by atoms with E-state index in [9.17, 15) is 14.4 Å². The highest BCUT2D eigenvalue weighted by Crippen LogP contribution is 2.37. The Hall–Kier alpha value is -2.36. The number of hydrogen-bond donors (Lipinski definition) is 1. The van der Waals surface area contributed by atoms with E-state index < -0.39 is 0 Å². The van der Waals surface area contributed by atoms with Gasteiger partial charge in [-0.2, -0.15) is 0 Å². The molecule has 2 aliphatic rings. The van der Waals surface area contributed by atoms with E-state index in [2.05, 4.69) is 12.2 Å². The van der Waals surface area contributed by atoms with Crippen LogP contribution in [0.5, 0.6) is 0 Å². The second-order valence-electron chi connectivity index (χ2n) is 8.11. The summed E-state index contributed by atoms with van der Waals surface area (Å²) >= 11 is 8.81. The molecule has 3 amide bonds. The van der Waals surface area contributed by atoms with Gasteiger partial charge in [0.1, 0.15) is 4.83 Å². The van der Waals surface area contributed by atoms with Crippen LogP contribution in [0.4, 0.5) is 4.79 Å². The van der Waals surface area contributed by atoms with Crippen LogP contribution in [0.2, 0.25) is 5.02 Å².